The monoisotopic (exact) mass is 425 g/mol. The first-order valence-electron chi connectivity index (χ1n) is 6.80. The number of carbonyl (C=O) groups excluding carboxylic acids is 1. The minimum absolute atomic E-state index is 0.118. The minimum atomic E-state index is -0.567. The minimum Gasteiger partial charge on any atom is -0.496 e. The third-order valence-electron chi connectivity index (χ3n) is 3.29. The Morgan fingerprint density at radius 2 is 2.04 bits per heavy atom. The van der Waals surface area contributed by atoms with E-state index < -0.39 is 5.97 Å². The summed E-state index contributed by atoms with van der Waals surface area (Å²) in [5, 5.41) is 0.644. The Bertz CT molecular complexity index is 893. The summed E-state index contributed by atoms with van der Waals surface area (Å²) in [4.78, 5) is 16.3. The summed E-state index contributed by atoms with van der Waals surface area (Å²) in [5.41, 5.74) is 1.31. The molecule has 1 heterocycles. The molecule has 0 aromatic heterocycles. The number of ether oxygens (including phenoxy) is 2. The number of nitrogens with zero attached hydrogens (tertiary/aromatic N) is 1. The lowest BCUT2D eigenvalue weighted by Gasteiger charge is -2.04. The highest BCUT2D eigenvalue weighted by Crippen LogP contribution is 2.30. The van der Waals surface area contributed by atoms with Gasteiger partial charge < -0.3 is 9.47 Å². The fraction of sp³-hybridized carbons (Fsp3) is 0.0588. The van der Waals surface area contributed by atoms with Crippen molar-refractivity contribution in [3.63, 3.8) is 0 Å². The summed E-state index contributed by atoms with van der Waals surface area (Å²) >= 11 is 15.5. The van der Waals surface area contributed by atoms with Crippen molar-refractivity contribution in [3.05, 3.63) is 67.7 Å². The summed E-state index contributed by atoms with van der Waals surface area (Å²) in [6.45, 7) is 0. The van der Waals surface area contributed by atoms with Crippen molar-refractivity contribution in [1.82, 2.24) is 0 Å². The van der Waals surface area contributed by atoms with Crippen molar-refractivity contribution in [3.8, 4) is 5.75 Å². The lowest BCUT2D eigenvalue weighted by molar-refractivity contribution is -0.129. The van der Waals surface area contributed by atoms with Gasteiger partial charge in [0.15, 0.2) is 5.70 Å². The van der Waals surface area contributed by atoms with Crippen LogP contribution >= 0.6 is 39.1 Å². The van der Waals surface area contributed by atoms with Crippen LogP contribution in [0.15, 0.2) is 51.6 Å². The molecule has 0 atom stereocenters. The molecule has 4 nitrogen and oxygen atoms in total. The average Bonchev–Trinajstić information content (AvgIpc) is 2.91. The van der Waals surface area contributed by atoms with Gasteiger partial charge in [-0.1, -0.05) is 45.2 Å². The van der Waals surface area contributed by atoms with E-state index >= 15 is 0 Å². The topological polar surface area (TPSA) is 47.9 Å². The highest BCUT2D eigenvalue weighted by atomic mass is 79.9. The van der Waals surface area contributed by atoms with E-state index in [-0.39, 0.29) is 16.6 Å². The second-order valence-corrected chi connectivity index (χ2v) is 6.52. The maximum atomic E-state index is 12.1. The number of aliphatic imine (C=N–C) groups is 1. The fourth-order valence-electron chi connectivity index (χ4n) is 2.16. The molecule has 0 unspecified atom stereocenters. The SMILES string of the molecule is COc1ccc(Br)cc1C=C1N=C(c2cccc(Cl)c2Cl)OC1=O. The number of hydrogen-bond donors (Lipinski definition) is 0. The van der Waals surface area contributed by atoms with E-state index in [9.17, 15) is 4.79 Å². The molecule has 24 heavy (non-hydrogen) atoms. The van der Waals surface area contributed by atoms with Gasteiger partial charge in [0.2, 0.25) is 5.90 Å². The molecular formula is C17H10BrCl2NO3. The lowest BCUT2D eigenvalue weighted by atomic mass is 10.1. The number of methoxy groups -OCH3 is 1. The normalized spacial score (nSPS) is 15.4. The summed E-state index contributed by atoms with van der Waals surface area (Å²) < 4.78 is 11.4. The van der Waals surface area contributed by atoms with Crippen molar-refractivity contribution in [2.45, 2.75) is 0 Å². The Balaban J connectivity index is 2.04. The first kappa shape index (κ1) is 17.0. The van der Waals surface area contributed by atoms with Gasteiger partial charge >= 0.3 is 5.97 Å². The van der Waals surface area contributed by atoms with E-state index in [2.05, 4.69) is 20.9 Å². The number of rotatable bonds is 3. The van der Waals surface area contributed by atoms with Crippen LogP contribution in [0, 0.1) is 0 Å². The van der Waals surface area contributed by atoms with Crippen LogP contribution in [-0.4, -0.2) is 19.0 Å². The molecule has 2 aromatic carbocycles. The van der Waals surface area contributed by atoms with Gasteiger partial charge in [-0.25, -0.2) is 9.79 Å². The highest BCUT2D eigenvalue weighted by Gasteiger charge is 2.26. The Kier molecular flexibility index (Phi) is 4.94. The molecular weight excluding hydrogens is 417 g/mol. The zero-order valence-corrected chi connectivity index (χ0v) is 15.4. The van der Waals surface area contributed by atoms with E-state index in [1.54, 1.807) is 37.5 Å². The van der Waals surface area contributed by atoms with E-state index in [1.165, 1.54) is 0 Å². The Hall–Kier alpha value is -1.82. The molecule has 0 N–H and O–H groups in total. The molecule has 7 heteroatoms. The van der Waals surface area contributed by atoms with Crippen LogP contribution in [0.4, 0.5) is 0 Å². The van der Waals surface area contributed by atoms with Crippen LogP contribution in [0.1, 0.15) is 11.1 Å². The van der Waals surface area contributed by atoms with E-state index in [0.29, 0.717) is 21.9 Å². The maximum Gasteiger partial charge on any atom is 0.363 e. The zero-order chi connectivity index (χ0) is 17.3. The van der Waals surface area contributed by atoms with E-state index in [1.807, 2.05) is 12.1 Å². The van der Waals surface area contributed by atoms with Gasteiger partial charge in [-0.15, -0.1) is 0 Å². The van der Waals surface area contributed by atoms with Crippen LogP contribution in [0.2, 0.25) is 10.0 Å². The zero-order valence-electron chi connectivity index (χ0n) is 12.3. The molecule has 2 aromatic rings. The van der Waals surface area contributed by atoms with E-state index in [4.69, 9.17) is 32.7 Å². The fourth-order valence-corrected chi connectivity index (χ4v) is 2.92. The van der Waals surface area contributed by atoms with Gasteiger partial charge in [-0.3, -0.25) is 0 Å². The molecule has 0 bridgehead atoms. The van der Waals surface area contributed by atoms with Crippen molar-refractivity contribution >= 4 is 57.1 Å². The summed E-state index contributed by atoms with van der Waals surface area (Å²) in [6.07, 6.45) is 1.59. The molecule has 1 aliphatic rings. The second kappa shape index (κ2) is 6.97. The molecule has 0 fully saturated rings. The molecule has 0 saturated heterocycles. The number of benzene rings is 2. The largest absolute Gasteiger partial charge is 0.496 e. The van der Waals surface area contributed by atoms with Crippen LogP contribution in [0.25, 0.3) is 6.08 Å². The van der Waals surface area contributed by atoms with Gasteiger partial charge in [-0.2, -0.15) is 0 Å². The number of esters is 1. The van der Waals surface area contributed by atoms with Gasteiger partial charge in [0.1, 0.15) is 5.75 Å². The van der Waals surface area contributed by atoms with Crippen LogP contribution in [-0.2, 0) is 9.53 Å². The lowest BCUT2D eigenvalue weighted by Crippen LogP contribution is -2.06. The van der Waals surface area contributed by atoms with Crippen LogP contribution in [0.3, 0.4) is 0 Å². The standard InChI is InChI=1S/C17H10BrCl2NO3/c1-23-14-6-5-10(18)7-9(14)8-13-17(22)24-16(21-13)11-3-2-4-12(19)15(11)20/h2-8H,1H3. The Morgan fingerprint density at radius 1 is 1.25 bits per heavy atom. The maximum absolute atomic E-state index is 12.1. The van der Waals surface area contributed by atoms with Gasteiger partial charge in [0, 0.05) is 10.0 Å². The molecule has 0 spiro atoms. The Morgan fingerprint density at radius 3 is 2.79 bits per heavy atom. The van der Waals surface area contributed by atoms with E-state index in [0.717, 1.165) is 4.47 Å². The van der Waals surface area contributed by atoms with Gasteiger partial charge in [0.25, 0.3) is 0 Å². The molecule has 0 radical (unpaired) electrons. The number of cyclic esters (lactones) is 1. The highest BCUT2D eigenvalue weighted by molar-refractivity contribution is 9.10. The molecule has 0 saturated carbocycles. The molecule has 0 aliphatic carbocycles. The van der Waals surface area contributed by atoms with Gasteiger partial charge in [-0.05, 0) is 36.4 Å². The van der Waals surface area contributed by atoms with Crippen LogP contribution < -0.4 is 4.74 Å². The smallest absolute Gasteiger partial charge is 0.363 e. The quantitative estimate of drug-likeness (QED) is 0.506. The van der Waals surface area contributed by atoms with Crippen molar-refractivity contribution in [1.29, 1.82) is 0 Å². The summed E-state index contributed by atoms with van der Waals surface area (Å²) in [5.74, 6) is 0.165. The average molecular weight is 427 g/mol. The first-order chi connectivity index (χ1) is 11.5. The van der Waals surface area contributed by atoms with Gasteiger partial charge in [0.05, 0.1) is 22.7 Å². The van der Waals surface area contributed by atoms with Crippen LogP contribution in [0.5, 0.6) is 5.75 Å². The first-order valence-corrected chi connectivity index (χ1v) is 8.35. The van der Waals surface area contributed by atoms with Crippen molar-refractivity contribution < 1.29 is 14.3 Å². The molecule has 1 aliphatic heterocycles. The number of halogens is 3. The molecule has 3 rings (SSSR count). The Labute approximate surface area is 156 Å². The molecule has 0 amide bonds. The predicted octanol–water partition coefficient (Wildman–Crippen LogP) is 5.11. The second-order valence-electron chi connectivity index (χ2n) is 4.82. The third kappa shape index (κ3) is 3.34. The number of carbonyl (C=O) groups is 1. The summed E-state index contributed by atoms with van der Waals surface area (Å²) in [6, 6.07) is 10.5. The van der Waals surface area contributed by atoms with Crippen molar-refractivity contribution in [2.75, 3.05) is 7.11 Å². The van der Waals surface area contributed by atoms with Crippen molar-refractivity contribution in [2.24, 2.45) is 4.99 Å². The summed E-state index contributed by atoms with van der Waals surface area (Å²) in [7, 11) is 1.55. The number of hydrogen-bond acceptors (Lipinski definition) is 4. The molecule has 122 valence electrons. The third-order valence-corrected chi connectivity index (χ3v) is 4.60. The predicted molar refractivity (Wildman–Crippen MR) is 97.8 cm³/mol.